The molecule has 0 spiro atoms. The Labute approximate surface area is 64.9 Å². The molecule has 3 nitrogen and oxygen atoms in total. The third kappa shape index (κ3) is 2.29. The number of ether oxygens (including phenoxy) is 2. The van der Waals surface area contributed by atoms with E-state index in [1.165, 1.54) is 0 Å². The van der Waals surface area contributed by atoms with Crippen molar-refractivity contribution in [3.63, 3.8) is 0 Å². The SMILES string of the molecule is OC(F)(F)C(F)(F)OCC1CO1. The van der Waals surface area contributed by atoms with E-state index in [2.05, 4.69) is 9.47 Å². The zero-order valence-electron chi connectivity index (χ0n) is 5.77. The van der Waals surface area contributed by atoms with Gasteiger partial charge < -0.3 is 14.6 Å². The maximum Gasteiger partial charge on any atom is 0.448 e. The van der Waals surface area contributed by atoms with Gasteiger partial charge >= 0.3 is 12.2 Å². The Bertz CT molecular complexity index is 163. The zero-order chi connectivity index (χ0) is 9.41. The number of aliphatic hydroxyl groups is 1. The van der Waals surface area contributed by atoms with Gasteiger partial charge in [-0.3, -0.25) is 0 Å². The molecule has 0 saturated carbocycles. The second kappa shape index (κ2) is 2.82. The molecule has 72 valence electrons. The first-order valence-electron chi connectivity index (χ1n) is 3.06. The first-order chi connectivity index (χ1) is 5.33. The van der Waals surface area contributed by atoms with Crippen LogP contribution in [0.15, 0.2) is 0 Å². The van der Waals surface area contributed by atoms with E-state index in [0.29, 0.717) is 0 Å². The van der Waals surface area contributed by atoms with Crippen molar-refractivity contribution in [3.05, 3.63) is 0 Å². The lowest BCUT2D eigenvalue weighted by Gasteiger charge is -2.20. The van der Waals surface area contributed by atoms with Crippen molar-refractivity contribution in [2.45, 2.75) is 18.3 Å². The van der Waals surface area contributed by atoms with Gasteiger partial charge in [0.25, 0.3) is 0 Å². The summed E-state index contributed by atoms with van der Waals surface area (Å²) >= 11 is 0. The second-order valence-electron chi connectivity index (χ2n) is 2.32. The maximum absolute atomic E-state index is 12.0. The summed E-state index contributed by atoms with van der Waals surface area (Å²) in [7, 11) is 0. The van der Waals surface area contributed by atoms with E-state index in [1.807, 2.05) is 0 Å². The molecule has 12 heavy (non-hydrogen) atoms. The molecule has 0 aromatic carbocycles. The number of hydrogen-bond acceptors (Lipinski definition) is 3. The van der Waals surface area contributed by atoms with E-state index in [-0.39, 0.29) is 6.61 Å². The molecular formula is C5H6F4O3. The molecule has 1 unspecified atom stereocenters. The molecule has 0 bridgehead atoms. The highest BCUT2D eigenvalue weighted by molar-refractivity contribution is 4.71. The van der Waals surface area contributed by atoms with Crippen LogP contribution in [0.3, 0.4) is 0 Å². The summed E-state index contributed by atoms with van der Waals surface area (Å²) in [6, 6.07) is 0. The van der Waals surface area contributed by atoms with E-state index in [1.54, 1.807) is 0 Å². The summed E-state index contributed by atoms with van der Waals surface area (Å²) in [5.41, 5.74) is 0. The molecule has 0 aromatic rings. The lowest BCUT2D eigenvalue weighted by atomic mass is 10.5. The molecule has 1 N–H and O–H groups in total. The van der Waals surface area contributed by atoms with Crippen LogP contribution in [0.25, 0.3) is 0 Å². The van der Waals surface area contributed by atoms with Gasteiger partial charge in [0, 0.05) is 0 Å². The Balaban J connectivity index is 2.35. The minimum Gasteiger partial charge on any atom is -0.371 e. The Morgan fingerprint density at radius 3 is 2.25 bits per heavy atom. The molecule has 0 aliphatic carbocycles. The van der Waals surface area contributed by atoms with Gasteiger partial charge in [-0.25, -0.2) is 0 Å². The number of epoxide rings is 1. The summed E-state index contributed by atoms with van der Waals surface area (Å²) in [4.78, 5) is 0. The summed E-state index contributed by atoms with van der Waals surface area (Å²) < 4.78 is 55.2. The third-order valence-corrected chi connectivity index (χ3v) is 1.20. The summed E-state index contributed by atoms with van der Waals surface area (Å²) in [5, 5.41) is 7.63. The normalized spacial score (nSPS) is 24.2. The Kier molecular flexibility index (Phi) is 2.28. The molecule has 1 heterocycles. The van der Waals surface area contributed by atoms with Gasteiger partial charge in [0.15, 0.2) is 0 Å². The van der Waals surface area contributed by atoms with Gasteiger partial charge in [0.1, 0.15) is 6.10 Å². The molecule has 1 aliphatic rings. The highest BCUT2D eigenvalue weighted by atomic mass is 19.3. The molecule has 0 amide bonds. The fraction of sp³-hybridized carbons (Fsp3) is 1.00. The van der Waals surface area contributed by atoms with Crippen LogP contribution < -0.4 is 0 Å². The zero-order valence-corrected chi connectivity index (χ0v) is 5.77. The van der Waals surface area contributed by atoms with E-state index >= 15 is 0 Å². The van der Waals surface area contributed by atoms with Crippen molar-refractivity contribution in [1.82, 2.24) is 0 Å². The minimum absolute atomic E-state index is 0.215. The Morgan fingerprint density at radius 1 is 1.42 bits per heavy atom. The van der Waals surface area contributed by atoms with Crippen LogP contribution in [-0.2, 0) is 9.47 Å². The maximum atomic E-state index is 12.0. The van der Waals surface area contributed by atoms with Crippen LogP contribution in [0.4, 0.5) is 17.6 Å². The fourth-order valence-electron chi connectivity index (χ4n) is 0.449. The standard InChI is InChI=1S/C5H6F4O3/c6-4(7,10)5(8,9)12-2-3-1-11-3/h3,10H,1-2H2. The van der Waals surface area contributed by atoms with Crippen LogP contribution in [0.2, 0.25) is 0 Å². The summed E-state index contributed by atoms with van der Waals surface area (Å²) in [5.74, 6) is 0. The van der Waals surface area contributed by atoms with E-state index < -0.39 is 24.9 Å². The van der Waals surface area contributed by atoms with Gasteiger partial charge in [0.2, 0.25) is 0 Å². The second-order valence-corrected chi connectivity index (χ2v) is 2.32. The lowest BCUT2D eigenvalue weighted by molar-refractivity contribution is -0.418. The van der Waals surface area contributed by atoms with Crippen molar-refractivity contribution in [2.75, 3.05) is 13.2 Å². The molecule has 0 radical (unpaired) electrons. The monoisotopic (exact) mass is 190 g/mol. The average molecular weight is 190 g/mol. The summed E-state index contributed by atoms with van der Waals surface area (Å²) in [6.07, 6.45) is -10.6. The predicted octanol–water partition coefficient (Wildman–Crippen LogP) is 0.580. The predicted molar refractivity (Wildman–Crippen MR) is 27.8 cm³/mol. The average Bonchev–Trinajstić information content (AvgIpc) is 2.62. The fourth-order valence-corrected chi connectivity index (χ4v) is 0.449. The number of hydrogen-bond donors (Lipinski definition) is 1. The molecule has 7 heteroatoms. The van der Waals surface area contributed by atoms with Crippen molar-refractivity contribution in [2.24, 2.45) is 0 Å². The van der Waals surface area contributed by atoms with E-state index in [0.717, 1.165) is 0 Å². The highest BCUT2D eigenvalue weighted by Gasteiger charge is 2.57. The molecular weight excluding hydrogens is 184 g/mol. The van der Waals surface area contributed by atoms with Crippen molar-refractivity contribution in [3.8, 4) is 0 Å². The van der Waals surface area contributed by atoms with E-state index in [4.69, 9.17) is 5.11 Å². The van der Waals surface area contributed by atoms with Gasteiger partial charge in [-0.1, -0.05) is 0 Å². The van der Waals surface area contributed by atoms with Gasteiger partial charge in [-0.2, -0.15) is 17.6 Å². The Hall–Kier alpha value is -0.400. The third-order valence-electron chi connectivity index (χ3n) is 1.20. The smallest absolute Gasteiger partial charge is 0.371 e. The molecule has 1 saturated heterocycles. The number of alkyl halides is 4. The molecule has 0 aromatic heterocycles. The van der Waals surface area contributed by atoms with Crippen LogP contribution in [0, 0.1) is 0 Å². The molecule has 1 fully saturated rings. The molecule has 1 rings (SSSR count). The lowest BCUT2D eigenvalue weighted by Crippen LogP contribution is -2.43. The topological polar surface area (TPSA) is 42.0 Å². The first-order valence-corrected chi connectivity index (χ1v) is 3.06. The van der Waals surface area contributed by atoms with Crippen LogP contribution in [0.1, 0.15) is 0 Å². The van der Waals surface area contributed by atoms with Crippen molar-refractivity contribution < 1.29 is 32.1 Å². The molecule has 1 atom stereocenters. The van der Waals surface area contributed by atoms with Gasteiger partial charge in [0.05, 0.1) is 13.2 Å². The largest absolute Gasteiger partial charge is 0.448 e. The van der Waals surface area contributed by atoms with E-state index in [9.17, 15) is 17.6 Å². The van der Waals surface area contributed by atoms with Crippen LogP contribution in [0.5, 0.6) is 0 Å². The molecule has 1 aliphatic heterocycles. The first kappa shape index (κ1) is 9.69. The Morgan fingerprint density at radius 2 is 1.92 bits per heavy atom. The van der Waals surface area contributed by atoms with Crippen LogP contribution >= 0.6 is 0 Å². The van der Waals surface area contributed by atoms with Crippen molar-refractivity contribution >= 4 is 0 Å². The minimum atomic E-state index is -5.15. The number of halogens is 4. The van der Waals surface area contributed by atoms with Gasteiger partial charge in [-0.15, -0.1) is 0 Å². The number of rotatable bonds is 4. The quantitative estimate of drug-likeness (QED) is 0.520. The van der Waals surface area contributed by atoms with Crippen LogP contribution in [-0.4, -0.2) is 36.6 Å². The van der Waals surface area contributed by atoms with Gasteiger partial charge in [-0.05, 0) is 0 Å². The van der Waals surface area contributed by atoms with Crippen molar-refractivity contribution in [1.29, 1.82) is 0 Å². The summed E-state index contributed by atoms with van der Waals surface area (Å²) in [6.45, 7) is -0.434. The highest BCUT2D eigenvalue weighted by Crippen LogP contribution is 2.33.